The molecule has 7 heteroatoms. The number of carbonyl (C=O) groups is 3. The topological polar surface area (TPSA) is 87.7 Å². The van der Waals surface area contributed by atoms with Crippen molar-refractivity contribution in [1.29, 1.82) is 0 Å². The van der Waals surface area contributed by atoms with Crippen LogP contribution in [-0.2, 0) is 9.59 Å². The number of ether oxygens (including phenoxy) is 1. The van der Waals surface area contributed by atoms with Gasteiger partial charge in [-0.25, -0.2) is 0 Å². The summed E-state index contributed by atoms with van der Waals surface area (Å²) in [6, 6.07) is 12.6. The third-order valence-electron chi connectivity index (χ3n) is 5.03. The van der Waals surface area contributed by atoms with Crippen LogP contribution in [0.4, 0.5) is 11.4 Å². The van der Waals surface area contributed by atoms with E-state index in [9.17, 15) is 14.4 Å². The van der Waals surface area contributed by atoms with Gasteiger partial charge in [0.2, 0.25) is 11.8 Å². The predicted molar refractivity (Wildman–Crippen MR) is 121 cm³/mol. The first-order chi connectivity index (χ1) is 14.8. The van der Waals surface area contributed by atoms with Gasteiger partial charge in [0.1, 0.15) is 12.4 Å². The third kappa shape index (κ3) is 5.84. The van der Waals surface area contributed by atoms with E-state index >= 15 is 0 Å². The van der Waals surface area contributed by atoms with E-state index in [1.54, 1.807) is 23.1 Å². The van der Waals surface area contributed by atoms with Crippen molar-refractivity contribution in [3.8, 4) is 5.75 Å². The molecule has 0 atom stereocenters. The van der Waals surface area contributed by atoms with Crippen LogP contribution >= 0.6 is 0 Å². The molecule has 0 unspecified atom stereocenters. The van der Waals surface area contributed by atoms with Gasteiger partial charge in [0.05, 0.1) is 12.2 Å². The van der Waals surface area contributed by atoms with Crippen LogP contribution in [0.15, 0.2) is 42.5 Å². The average molecular weight is 424 g/mol. The summed E-state index contributed by atoms with van der Waals surface area (Å²) in [6.45, 7) is 7.42. The monoisotopic (exact) mass is 423 g/mol. The van der Waals surface area contributed by atoms with Crippen molar-refractivity contribution in [3.05, 3.63) is 53.6 Å². The van der Waals surface area contributed by atoms with E-state index in [-0.39, 0.29) is 30.6 Å². The Labute approximate surface area is 182 Å². The molecule has 0 saturated heterocycles. The van der Waals surface area contributed by atoms with Gasteiger partial charge in [0.15, 0.2) is 0 Å². The highest BCUT2D eigenvalue weighted by molar-refractivity contribution is 6.00. The van der Waals surface area contributed by atoms with Gasteiger partial charge in [0, 0.05) is 30.6 Å². The van der Waals surface area contributed by atoms with Crippen LogP contribution in [0.1, 0.15) is 42.6 Å². The second-order valence-corrected chi connectivity index (χ2v) is 8.04. The molecule has 1 aliphatic rings. The quantitative estimate of drug-likeness (QED) is 0.713. The van der Waals surface area contributed by atoms with E-state index in [1.807, 2.05) is 45.0 Å². The zero-order valence-corrected chi connectivity index (χ0v) is 18.2. The molecule has 0 radical (unpaired) electrons. The van der Waals surface area contributed by atoms with Gasteiger partial charge in [0.25, 0.3) is 5.91 Å². The molecule has 164 valence electrons. The summed E-state index contributed by atoms with van der Waals surface area (Å²) in [4.78, 5) is 38.9. The summed E-state index contributed by atoms with van der Waals surface area (Å²) >= 11 is 0. The van der Waals surface area contributed by atoms with Gasteiger partial charge < -0.3 is 20.3 Å². The standard InChI is InChI=1S/C24H29N3O4/c1-16(2)15-25-24(30)18-8-9-19(17(3)14-18)26-22(28)10-11-23(29)27-12-13-31-21-7-5-4-6-20(21)27/h4-9,14,16H,10-13,15H2,1-3H3,(H,25,30)(H,26,28). The van der Waals surface area contributed by atoms with Crippen LogP contribution in [0.25, 0.3) is 0 Å². The smallest absolute Gasteiger partial charge is 0.251 e. The van der Waals surface area contributed by atoms with Gasteiger partial charge in [-0.3, -0.25) is 14.4 Å². The number of hydrogen-bond acceptors (Lipinski definition) is 4. The van der Waals surface area contributed by atoms with Crippen molar-refractivity contribution in [2.45, 2.75) is 33.6 Å². The van der Waals surface area contributed by atoms with Gasteiger partial charge in [-0.05, 0) is 48.7 Å². The molecule has 2 N–H and O–H groups in total. The van der Waals surface area contributed by atoms with E-state index in [0.717, 1.165) is 11.3 Å². The number of rotatable bonds is 7. The van der Waals surface area contributed by atoms with E-state index in [0.29, 0.717) is 42.6 Å². The molecule has 1 heterocycles. The summed E-state index contributed by atoms with van der Waals surface area (Å²) in [7, 11) is 0. The van der Waals surface area contributed by atoms with Crippen LogP contribution < -0.4 is 20.3 Å². The summed E-state index contributed by atoms with van der Waals surface area (Å²) in [6.07, 6.45) is 0.184. The van der Waals surface area contributed by atoms with Crippen LogP contribution in [0.2, 0.25) is 0 Å². The highest BCUT2D eigenvalue weighted by atomic mass is 16.5. The SMILES string of the molecule is Cc1cc(C(=O)NCC(C)C)ccc1NC(=O)CCC(=O)N1CCOc2ccccc21. The third-order valence-corrected chi connectivity index (χ3v) is 5.03. The molecule has 7 nitrogen and oxygen atoms in total. The minimum Gasteiger partial charge on any atom is -0.490 e. The first-order valence-corrected chi connectivity index (χ1v) is 10.6. The fourth-order valence-electron chi connectivity index (χ4n) is 3.34. The molecule has 0 saturated carbocycles. The Morgan fingerprint density at radius 2 is 1.87 bits per heavy atom. The van der Waals surface area contributed by atoms with Gasteiger partial charge in [-0.2, -0.15) is 0 Å². The Morgan fingerprint density at radius 3 is 2.61 bits per heavy atom. The van der Waals surface area contributed by atoms with E-state index < -0.39 is 0 Å². The Balaban J connectivity index is 1.54. The molecule has 0 fully saturated rings. The van der Waals surface area contributed by atoms with Crippen LogP contribution in [0, 0.1) is 12.8 Å². The minimum absolute atomic E-state index is 0.0778. The predicted octanol–water partition coefficient (Wildman–Crippen LogP) is 3.53. The van der Waals surface area contributed by atoms with Crippen molar-refractivity contribution >= 4 is 29.1 Å². The molecule has 0 aliphatic carbocycles. The van der Waals surface area contributed by atoms with Gasteiger partial charge >= 0.3 is 0 Å². The maximum absolute atomic E-state index is 12.7. The highest BCUT2D eigenvalue weighted by Gasteiger charge is 2.23. The van der Waals surface area contributed by atoms with Crippen molar-refractivity contribution in [3.63, 3.8) is 0 Å². The molecule has 31 heavy (non-hydrogen) atoms. The number of fused-ring (bicyclic) bond motifs is 1. The molecular weight excluding hydrogens is 394 g/mol. The fraction of sp³-hybridized carbons (Fsp3) is 0.375. The second kappa shape index (κ2) is 10.1. The molecule has 1 aliphatic heterocycles. The van der Waals surface area contributed by atoms with Crippen molar-refractivity contribution in [2.75, 3.05) is 29.9 Å². The maximum atomic E-state index is 12.7. The molecule has 3 amide bonds. The minimum atomic E-state index is -0.241. The second-order valence-electron chi connectivity index (χ2n) is 8.04. The van der Waals surface area contributed by atoms with Gasteiger partial charge in [-0.15, -0.1) is 0 Å². The largest absolute Gasteiger partial charge is 0.490 e. The van der Waals surface area contributed by atoms with Crippen molar-refractivity contribution < 1.29 is 19.1 Å². The molecule has 0 aromatic heterocycles. The number of benzene rings is 2. The number of carbonyl (C=O) groups excluding carboxylic acids is 3. The van der Waals surface area contributed by atoms with E-state index in [1.165, 1.54) is 0 Å². The molecule has 0 spiro atoms. The number of nitrogens with one attached hydrogen (secondary N) is 2. The Morgan fingerprint density at radius 1 is 1.10 bits per heavy atom. The first-order valence-electron chi connectivity index (χ1n) is 10.6. The normalized spacial score (nSPS) is 12.7. The number of hydrogen-bond donors (Lipinski definition) is 2. The Kier molecular flexibility index (Phi) is 7.28. The summed E-state index contributed by atoms with van der Waals surface area (Å²) in [5, 5.41) is 5.72. The zero-order valence-electron chi connectivity index (χ0n) is 18.2. The Hall–Kier alpha value is -3.35. The summed E-state index contributed by atoms with van der Waals surface area (Å²) in [5.41, 5.74) is 2.72. The average Bonchev–Trinajstić information content (AvgIpc) is 2.76. The van der Waals surface area contributed by atoms with E-state index in [2.05, 4.69) is 10.6 Å². The molecule has 2 aromatic carbocycles. The number of amides is 3. The fourth-order valence-corrected chi connectivity index (χ4v) is 3.34. The molecule has 0 bridgehead atoms. The van der Waals surface area contributed by atoms with Crippen LogP contribution in [0.3, 0.4) is 0 Å². The maximum Gasteiger partial charge on any atom is 0.251 e. The summed E-state index contributed by atoms with van der Waals surface area (Å²) in [5.74, 6) is 0.567. The van der Waals surface area contributed by atoms with Gasteiger partial charge in [-0.1, -0.05) is 26.0 Å². The lowest BCUT2D eigenvalue weighted by molar-refractivity contribution is -0.122. The van der Waals surface area contributed by atoms with Crippen molar-refractivity contribution in [2.24, 2.45) is 5.92 Å². The number of aryl methyl sites for hydroxylation is 1. The highest BCUT2D eigenvalue weighted by Crippen LogP contribution is 2.31. The number of para-hydroxylation sites is 2. The first kappa shape index (κ1) is 22.3. The zero-order chi connectivity index (χ0) is 22.4. The number of nitrogens with zero attached hydrogens (tertiary/aromatic N) is 1. The van der Waals surface area contributed by atoms with Crippen LogP contribution in [-0.4, -0.2) is 37.4 Å². The lowest BCUT2D eigenvalue weighted by Gasteiger charge is -2.29. The molecular formula is C24H29N3O4. The summed E-state index contributed by atoms with van der Waals surface area (Å²) < 4.78 is 5.57. The lowest BCUT2D eigenvalue weighted by Crippen LogP contribution is -2.38. The van der Waals surface area contributed by atoms with Crippen LogP contribution in [0.5, 0.6) is 5.75 Å². The lowest BCUT2D eigenvalue weighted by atomic mass is 10.1. The van der Waals surface area contributed by atoms with Crippen molar-refractivity contribution in [1.82, 2.24) is 5.32 Å². The molecule has 3 rings (SSSR count). The number of anilines is 2. The van der Waals surface area contributed by atoms with E-state index in [4.69, 9.17) is 4.74 Å². The Bertz CT molecular complexity index is 971. The molecule has 2 aromatic rings.